The highest BCUT2D eigenvalue weighted by atomic mass is 19.4. The van der Waals surface area contributed by atoms with Gasteiger partial charge in [0.25, 0.3) is 0 Å². The number of amides is 1. The van der Waals surface area contributed by atoms with E-state index in [-0.39, 0.29) is 12.8 Å². The van der Waals surface area contributed by atoms with Gasteiger partial charge in [0.2, 0.25) is 5.91 Å². The summed E-state index contributed by atoms with van der Waals surface area (Å²) in [5, 5.41) is 10.7. The maximum absolute atomic E-state index is 12.0. The van der Waals surface area contributed by atoms with E-state index in [1.54, 1.807) is 0 Å². The Kier molecular flexibility index (Phi) is 5.20. The number of carbonyl (C=O) groups is 2. The van der Waals surface area contributed by atoms with Crippen LogP contribution >= 0.6 is 0 Å². The minimum Gasteiger partial charge on any atom is -0.481 e. The molecule has 1 saturated carbocycles. The fraction of sp³-hybridized carbons (Fsp3) is 0.833. The van der Waals surface area contributed by atoms with E-state index in [1.165, 1.54) is 0 Å². The summed E-state index contributed by atoms with van der Waals surface area (Å²) in [5.41, 5.74) is -0.681. The summed E-state index contributed by atoms with van der Waals surface area (Å²) in [6.07, 6.45) is -0.966. The molecule has 110 valence electrons. The van der Waals surface area contributed by atoms with Gasteiger partial charge in [-0.25, -0.2) is 0 Å². The summed E-state index contributed by atoms with van der Waals surface area (Å²) in [7, 11) is 0. The smallest absolute Gasteiger partial charge is 0.405 e. The predicted molar refractivity (Wildman–Crippen MR) is 61.5 cm³/mol. The van der Waals surface area contributed by atoms with Crippen LogP contribution in [0.15, 0.2) is 0 Å². The second-order valence-electron chi connectivity index (χ2n) is 5.20. The third kappa shape index (κ3) is 5.94. The van der Waals surface area contributed by atoms with Crippen molar-refractivity contribution < 1.29 is 27.9 Å². The number of carboxylic acid groups (broad SMARTS) is 1. The van der Waals surface area contributed by atoms with Crippen LogP contribution in [-0.2, 0) is 9.59 Å². The number of aliphatic carboxylic acids is 1. The summed E-state index contributed by atoms with van der Waals surface area (Å²) in [6.45, 7) is -1.37. The van der Waals surface area contributed by atoms with E-state index in [4.69, 9.17) is 5.11 Å². The van der Waals surface area contributed by atoms with E-state index in [1.807, 2.05) is 5.32 Å². The SMILES string of the molecule is O=C(O)CC1(CC(=O)NCC(F)(F)F)CCCCC1. The summed E-state index contributed by atoms with van der Waals surface area (Å²) in [6, 6.07) is 0. The van der Waals surface area contributed by atoms with Crippen LogP contribution in [0.25, 0.3) is 0 Å². The lowest BCUT2D eigenvalue weighted by Crippen LogP contribution is -2.38. The number of halogens is 3. The Hall–Kier alpha value is -1.27. The highest BCUT2D eigenvalue weighted by Crippen LogP contribution is 2.42. The first-order chi connectivity index (χ1) is 8.72. The Balaban J connectivity index is 2.57. The fourth-order valence-electron chi connectivity index (χ4n) is 2.64. The monoisotopic (exact) mass is 281 g/mol. The number of nitrogens with one attached hydrogen (secondary N) is 1. The number of carbonyl (C=O) groups excluding carboxylic acids is 1. The van der Waals surface area contributed by atoms with Crippen LogP contribution < -0.4 is 5.32 Å². The minimum absolute atomic E-state index is 0.143. The Morgan fingerprint density at radius 1 is 1.11 bits per heavy atom. The van der Waals surface area contributed by atoms with Gasteiger partial charge in [0.15, 0.2) is 0 Å². The van der Waals surface area contributed by atoms with Crippen LogP contribution in [0.1, 0.15) is 44.9 Å². The highest BCUT2D eigenvalue weighted by Gasteiger charge is 2.37. The lowest BCUT2D eigenvalue weighted by Gasteiger charge is -2.35. The molecule has 1 fully saturated rings. The Bertz CT molecular complexity index is 336. The molecule has 2 N–H and O–H groups in total. The Morgan fingerprint density at radius 3 is 2.16 bits per heavy atom. The first kappa shape index (κ1) is 15.8. The number of alkyl halides is 3. The van der Waals surface area contributed by atoms with Gasteiger partial charge in [0, 0.05) is 6.42 Å². The zero-order valence-electron chi connectivity index (χ0n) is 10.6. The van der Waals surface area contributed by atoms with Crippen LogP contribution in [0.5, 0.6) is 0 Å². The van der Waals surface area contributed by atoms with E-state index in [0.29, 0.717) is 12.8 Å². The van der Waals surface area contributed by atoms with Gasteiger partial charge in [-0.05, 0) is 18.3 Å². The standard InChI is InChI=1S/C12H18F3NO3/c13-12(14,15)8-16-9(17)6-11(7-10(18)19)4-2-1-3-5-11/h1-8H2,(H,16,17)(H,18,19). The summed E-state index contributed by atoms with van der Waals surface area (Å²) in [5.74, 6) is -1.73. The molecule has 4 nitrogen and oxygen atoms in total. The molecule has 0 aromatic rings. The third-order valence-corrected chi connectivity index (χ3v) is 3.46. The molecule has 1 amide bonds. The molecule has 0 radical (unpaired) electrons. The maximum Gasteiger partial charge on any atom is 0.405 e. The largest absolute Gasteiger partial charge is 0.481 e. The van der Waals surface area contributed by atoms with E-state index in [0.717, 1.165) is 19.3 Å². The topological polar surface area (TPSA) is 66.4 Å². The van der Waals surface area contributed by atoms with Crippen molar-refractivity contribution in [3.05, 3.63) is 0 Å². The first-order valence-corrected chi connectivity index (χ1v) is 6.28. The van der Waals surface area contributed by atoms with Crippen molar-refractivity contribution in [2.24, 2.45) is 5.41 Å². The molecule has 0 atom stereocenters. The van der Waals surface area contributed by atoms with Crippen molar-refractivity contribution in [2.45, 2.75) is 51.1 Å². The van der Waals surface area contributed by atoms with Gasteiger partial charge in [-0.2, -0.15) is 13.2 Å². The fourth-order valence-corrected chi connectivity index (χ4v) is 2.64. The van der Waals surface area contributed by atoms with Gasteiger partial charge in [-0.15, -0.1) is 0 Å². The van der Waals surface area contributed by atoms with Crippen LogP contribution in [-0.4, -0.2) is 29.7 Å². The van der Waals surface area contributed by atoms with Gasteiger partial charge < -0.3 is 10.4 Å². The van der Waals surface area contributed by atoms with Crippen molar-refractivity contribution in [3.63, 3.8) is 0 Å². The van der Waals surface area contributed by atoms with Gasteiger partial charge in [0.05, 0.1) is 6.42 Å². The molecule has 7 heteroatoms. The van der Waals surface area contributed by atoms with E-state index < -0.39 is 30.0 Å². The Labute approximate surface area is 109 Å². The lowest BCUT2D eigenvalue weighted by atomic mass is 9.69. The first-order valence-electron chi connectivity index (χ1n) is 6.28. The molecule has 0 saturated heterocycles. The van der Waals surface area contributed by atoms with E-state index >= 15 is 0 Å². The van der Waals surface area contributed by atoms with Crippen LogP contribution in [0.2, 0.25) is 0 Å². The zero-order valence-corrected chi connectivity index (χ0v) is 10.6. The maximum atomic E-state index is 12.0. The molecule has 1 aliphatic carbocycles. The summed E-state index contributed by atoms with van der Waals surface area (Å²) < 4.78 is 36.0. The zero-order chi connectivity index (χ0) is 14.5. The predicted octanol–water partition coefficient (Wildman–Crippen LogP) is 2.48. The second-order valence-corrected chi connectivity index (χ2v) is 5.20. The van der Waals surface area contributed by atoms with Crippen LogP contribution in [0, 0.1) is 5.41 Å². The van der Waals surface area contributed by atoms with Crippen molar-refractivity contribution in [1.29, 1.82) is 0 Å². The molecular formula is C12H18F3NO3. The molecule has 0 bridgehead atoms. The lowest BCUT2D eigenvalue weighted by molar-refractivity contribution is -0.144. The normalized spacial score (nSPS) is 18.9. The Morgan fingerprint density at radius 2 is 1.68 bits per heavy atom. The molecule has 1 rings (SSSR count). The average molecular weight is 281 g/mol. The average Bonchev–Trinajstić information content (AvgIpc) is 2.25. The van der Waals surface area contributed by atoms with E-state index in [9.17, 15) is 22.8 Å². The molecule has 19 heavy (non-hydrogen) atoms. The van der Waals surface area contributed by atoms with Gasteiger partial charge >= 0.3 is 12.1 Å². The molecule has 0 spiro atoms. The quantitative estimate of drug-likeness (QED) is 0.813. The molecule has 0 heterocycles. The number of rotatable bonds is 5. The molecule has 1 aliphatic rings. The van der Waals surface area contributed by atoms with Gasteiger partial charge in [0.1, 0.15) is 6.54 Å². The molecule has 0 aromatic heterocycles. The summed E-state index contributed by atoms with van der Waals surface area (Å²) in [4.78, 5) is 22.4. The molecule has 0 aliphatic heterocycles. The van der Waals surface area contributed by atoms with Crippen molar-refractivity contribution in [1.82, 2.24) is 5.32 Å². The van der Waals surface area contributed by atoms with E-state index in [2.05, 4.69) is 0 Å². The highest BCUT2D eigenvalue weighted by molar-refractivity contribution is 5.78. The van der Waals surface area contributed by atoms with Crippen molar-refractivity contribution >= 4 is 11.9 Å². The minimum atomic E-state index is -4.44. The number of hydrogen-bond acceptors (Lipinski definition) is 2. The second kappa shape index (κ2) is 6.25. The van der Waals surface area contributed by atoms with Crippen molar-refractivity contribution in [2.75, 3.05) is 6.54 Å². The van der Waals surface area contributed by atoms with Crippen LogP contribution in [0.4, 0.5) is 13.2 Å². The third-order valence-electron chi connectivity index (χ3n) is 3.46. The van der Waals surface area contributed by atoms with Gasteiger partial charge in [-0.1, -0.05) is 19.3 Å². The molecular weight excluding hydrogens is 263 g/mol. The van der Waals surface area contributed by atoms with Crippen LogP contribution in [0.3, 0.4) is 0 Å². The number of hydrogen-bond donors (Lipinski definition) is 2. The molecule has 0 aromatic carbocycles. The molecule has 0 unspecified atom stereocenters. The number of carboxylic acids is 1. The summed E-state index contributed by atoms with van der Waals surface area (Å²) >= 11 is 0. The van der Waals surface area contributed by atoms with Gasteiger partial charge in [-0.3, -0.25) is 9.59 Å². The van der Waals surface area contributed by atoms with Crippen molar-refractivity contribution in [3.8, 4) is 0 Å².